The third-order valence-electron chi connectivity index (χ3n) is 3.80. The highest BCUT2D eigenvalue weighted by molar-refractivity contribution is 5.70. The minimum Gasteiger partial charge on any atom is -0.481 e. The van der Waals surface area contributed by atoms with Crippen molar-refractivity contribution >= 4 is 12.1 Å². The van der Waals surface area contributed by atoms with E-state index in [2.05, 4.69) is 10.6 Å². The first-order valence-electron chi connectivity index (χ1n) is 7.89. The lowest BCUT2D eigenvalue weighted by Crippen LogP contribution is -2.35. The number of ether oxygens (including phenoxy) is 1. The Morgan fingerprint density at radius 2 is 1.91 bits per heavy atom. The van der Waals surface area contributed by atoms with Crippen LogP contribution >= 0.6 is 0 Å². The summed E-state index contributed by atoms with van der Waals surface area (Å²) in [4.78, 5) is 22.7. The van der Waals surface area contributed by atoms with Crippen molar-refractivity contribution in [3.8, 4) is 0 Å². The molecule has 1 unspecified atom stereocenters. The van der Waals surface area contributed by atoms with Gasteiger partial charge >= 0.3 is 12.1 Å². The Balaban J connectivity index is 2.14. The van der Waals surface area contributed by atoms with E-state index in [1.165, 1.54) is 0 Å². The predicted octanol–water partition coefficient (Wildman–Crippen LogP) is 2.39. The molecule has 2 atom stereocenters. The van der Waals surface area contributed by atoms with E-state index in [-0.39, 0.29) is 12.6 Å². The lowest BCUT2D eigenvalue weighted by atomic mass is 9.95. The number of carboxylic acid groups (broad SMARTS) is 1. The molecule has 0 spiro atoms. The summed E-state index contributed by atoms with van der Waals surface area (Å²) in [7, 11) is 1.75. The maximum absolute atomic E-state index is 11.5. The number of alkyl carbamates (subject to hydrolysis) is 1. The van der Waals surface area contributed by atoms with Gasteiger partial charge in [0.2, 0.25) is 0 Å². The fraction of sp³-hybridized carbons (Fsp3) is 0.529. The third kappa shape index (κ3) is 7.65. The highest BCUT2D eigenvalue weighted by atomic mass is 16.5. The normalized spacial score (nSPS) is 13.1. The second-order valence-corrected chi connectivity index (χ2v) is 5.51. The second-order valence-electron chi connectivity index (χ2n) is 5.51. The van der Waals surface area contributed by atoms with E-state index in [1.54, 1.807) is 7.05 Å². The number of carbonyl (C=O) groups excluding carboxylic acids is 1. The van der Waals surface area contributed by atoms with Gasteiger partial charge in [-0.15, -0.1) is 0 Å². The number of carboxylic acids is 1. The Morgan fingerprint density at radius 3 is 2.52 bits per heavy atom. The average Bonchev–Trinajstić information content (AvgIpc) is 2.56. The molecule has 0 aliphatic heterocycles. The second kappa shape index (κ2) is 10.6. The zero-order valence-corrected chi connectivity index (χ0v) is 13.7. The molecule has 6 heteroatoms. The van der Waals surface area contributed by atoms with E-state index in [0.29, 0.717) is 13.0 Å². The van der Waals surface area contributed by atoms with Crippen molar-refractivity contribution in [2.75, 3.05) is 13.6 Å². The first-order valence-corrected chi connectivity index (χ1v) is 7.89. The summed E-state index contributed by atoms with van der Waals surface area (Å²) in [5, 5.41) is 14.8. The highest BCUT2D eigenvalue weighted by Gasteiger charge is 2.22. The Kier molecular flexibility index (Phi) is 8.75. The van der Waals surface area contributed by atoms with E-state index in [9.17, 15) is 9.59 Å². The molecule has 0 saturated carbocycles. The summed E-state index contributed by atoms with van der Waals surface area (Å²) in [6, 6.07) is 9.40. The monoisotopic (exact) mass is 322 g/mol. The molecule has 0 bridgehead atoms. The summed E-state index contributed by atoms with van der Waals surface area (Å²) in [5.41, 5.74) is 0.938. The fourth-order valence-corrected chi connectivity index (χ4v) is 2.24. The molecule has 1 amide bonds. The summed E-state index contributed by atoms with van der Waals surface area (Å²) in [6.07, 6.45) is 1.59. The molecule has 0 saturated heterocycles. The smallest absolute Gasteiger partial charge is 0.407 e. The van der Waals surface area contributed by atoms with Crippen molar-refractivity contribution in [2.24, 2.45) is 5.92 Å². The quantitative estimate of drug-likeness (QED) is 0.576. The molecule has 1 aromatic carbocycles. The van der Waals surface area contributed by atoms with Crippen molar-refractivity contribution in [1.82, 2.24) is 10.6 Å². The molecule has 0 aliphatic carbocycles. The number of hydrogen-bond donors (Lipinski definition) is 3. The van der Waals surface area contributed by atoms with Gasteiger partial charge in [0.05, 0.1) is 5.92 Å². The molecule has 0 aliphatic rings. The van der Waals surface area contributed by atoms with Crippen LogP contribution in [-0.2, 0) is 16.1 Å². The van der Waals surface area contributed by atoms with Gasteiger partial charge in [0.25, 0.3) is 0 Å². The van der Waals surface area contributed by atoms with Crippen LogP contribution < -0.4 is 10.6 Å². The lowest BCUT2D eigenvalue weighted by molar-refractivity contribution is -0.142. The summed E-state index contributed by atoms with van der Waals surface area (Å²) in [6.45, 7) is 2.58. The van der Waals surface area contributed by atoms with Gasteiger partial charge < -0.3 is 20.5 Å². The lowest BCUT2D eigenvalue weighted by Gasteiger charge is -2.19. The van der Waals surface area contributed by atoms with E-state index in [0.717, 1.165) is 18.4 Å². The molecule has 0 aromatic heterocycles. The van der Waals surface area contributed by atoms with Gasteiger partial charge in [-0.05, 0) is 32.4 Å². The fourth-order valence-electron chi connectivity index (χ4n) is 2.24. The first-order chi connectivity index (χ1) is 11.0. The van der Waals surface area contributed by atoms with Crippen molar-refractivity contribution in [1.29, 1.82) is 0 Å². The number of nitrogens with one attached hydrogen (secondary N) is 2. The van der Waals surface area contributed by atoms with Crippen LogP contribution in [0.2, 0.25) is 0 Å². The third-order valence-corrected chi connectivity index (χ3v) is 3.80. The molecule has 0 heterocycles. The van der Waals surface area contributed by atoms with Crippen LogP contribution in [0.3, 0.4) is 0 Å². The van der Waals surface area contributed by atoms with Crippen molar-refractivity contribution in [3.05, 3.63) is 35.9 Å². The molecule has 1 rings (SSSR count). The minimum absolute atomic E-state index is 0.0729. The van der Waals surface area contributed by atoms with Crippen molar-refractivity contribution in [2.45, 2.75) is 38.8 Å². The van der Waals surface area contributed by atoms with Crippen LogP contribution in [0.5, 0.6) is 0 Å². The summed E-state index contributed by atoms with van der Waals surface area (Å²) >= 11 is 0. The molecule has 23 heavy (non-hydrogen) atoms. The molecular weight excluding hydrogens is 296 g/mol. The SMILES string of the molecule is CNC(C)[C@@H](CCCCNC(=O)OCc1ccccc1)C(=O)O. The Labute approximate surface area is 137 Å². The molecular formula is C17H26N2O4. The van der Waals surface area contributed by atoms with Crippen LogP contribution in [0.4, 0.5) is 4.79 Å². The number of rotatable bonds is 10. The standard InChI is InChI=1S/C17H26N2O4/c1-13(18-2)15(16(20)21)10-6-7-11-19-17(22)23-12-14-8-4-3-5-9-14/h3-5,8-9,13,15,18H,6-7,10-12H2,1-2H3,(H,19,22)(H,20,21)/t13?,15-/m1/s1. The zero-order valence-electron chi connectivity index (χ0n) is 13.7. The Bertz CT molecular complexity index is 479. The van der Waals surface area contributed by atoms with Crippen molar-refractivity contribution < 1.29 is 19.4 Å². The molecule has 0 fully saturated rings. The number of carbonyl (C=O) groups is 2. The summed E-state index contributed by atoms with van der Waals surface area (Å²) in [5.74, 6) is -1.20. The van der Waals surface area contributed by atoms with E-state index in [1.807, 2.05) is 37.3 Å². The molecule has 1 aromatic rings. The van der Waals surface area contributed by atoms with Crippen LogP contribution in [0.15, 0.2) is 30.3 Å². The van der Waals surface area contributed by atoms with E-state index < -0.39 is 18.0 Å². The average molecular weight is 322 g/mol. The molecule has 3 N–H and O–H groups in total. The maximum atomic E-state index is 11.5. The maximum Gasteiger partial charge on any atom is 0.407 e. The number of benzene rings is 1. The van der Waals surface area contributed by atoms with Gasteiger partial charge in [0.15, 0.2) is 0 Å². The van der Waals surface area contributed by atoms with Crippen LogP contribution in [0.25, 0.3) is 0 Å². The molecule has 0 radical (unpaired) electrons. The van der Waals surface area contributed by atoms with Crippen LogP contribution in [0.1, 0.15) is 31.7 Å². The van der Waals surface area contributed by atoms with Crippen LogP contribution in [0, 0.1) is 5.92 Å². The molecule has 128 valence electrons. The zero-order chi connectivity index (χ0) is 17.1. The van der Waals surface area contributed by atoms with Gasteiger partial charge in [-0.3, -0.25) is 4.79 Å². The van der Waals surface area contributed by atoms with Gasteiger partial charge in [-0.1, -0.05) is 36.8 Å². The van der Waals surface area contributed by atoms with Crippen LogP contribution in [-0.4, -0.2) is 36.8 Å². The topological polar surface area (TPSA) is 87.7 Å². The number of unbranched alkanes of at least 4 members (excludes halogenated alkanes) is 1. The Morgan fingerprint density at radius 1 is 1.22 bits per heavy atom. The number of hydrogen-bond acceptors (Lipinski definition) is 4. The molecule has 6 nitrogen and oxygen atoms in total. The van der Waals surface area contributed by atoms with E-state index >= 15 is 0 Å². The summed E-state index contributed by atoms with van der Waals surface area (Å²) < 4.78 is 5.10. The first kappa shape index (κ1) is 19.0. The largest absolute Gasteiger partial charge is 0.481 e. The van der Waals surface area contributed by atoms with Crippen molar-refractivity contribution in [3.63, 3.8) is 0 Å². The predicted molar refractivity (Wildman–Crippen MR) is 88.1 cm³/mol. The highest BCUT2D eigenvalue weighted by Crippen LogP contribution is 2.13. The number of amides is 1. The minimum atomic E-state index is -0.790. The van der Waals surface area contributed by atoms with Gasteiger partial charge in [-0.2, -0.15) is 0 Å². The van der Waals surface area contributed by atoms with Gasteiger partial charge in [0, 0.05) is 12.6 Å². The van der Waals surface area contributed by atoms with Gasteiger partial charge in [-0.25, -0.2) is 4.79 Å². The van der Waals surface area contributed by atoms with E-state index in [4.69, 9.17) is 9.84 Å². The number of aliphatic carboxylic acids is 1. The Hall–Kier alpha value is -2.08. The van der Waals surface area contributed by atoms with Gasteiger partial charge in [0.1, 0.15) is 6.61 Å².